The van der Waals surface area contributed by atoms with Crippen LogP contribution in [0.1, 0.15) is 220 Å². The van der Waals surface area contributed by atoms with Gasteiger partial charge in [0, 0.05) is 39.3 Å². The van der Waals surface area contributed by atoms with Crippen LogP contribution in [-0.4, -0.2) is 143 Å². The monoisotopic (exact) mass is 941 g/mol. The van der Waals surface area contributed by atoms with Gasteiger partial charge in [0.25, 0.3) is 0 Å². The van der Waals surface area contributed by atoms with E-state index in [9.17, 15) is 39.6 Å². The molecule has 2 amide bonds. The summed E-state index contributed by atoms with van der Waals surface area (Å²) in [5, 5.41) is 48.5. The van der Waals surface area contributed by atoms with E-state index in [1.54, 1.807) is 0 Å². The van der Waals surface area contributed by atoms with E-state index in [4.69, 9.17) is 9.47 Å². The molecule has 1 aliphatic rings. The number of esters is 2. The second kappa shape index (κ2) is 41.6. The van der Waals surface area contributed by atoms with Gasteiger partial charge in [-0.2, -0.15) is 0 Å². The van der Waals surface area contributed by atoms with Gasteiger partial charge in [-0.3, -0.25) is 29.0 Å². The van der Waals surface area contributed by atoms with Crippen molar-refractivity contribution in [3.05, 3.63) is 0 Å². The molecule has 0 radical (unpaired) electrons. The Morgan fingerprint density at radius 2 is 0.682 bits per heavy atom. The zero-order chi connectivity index (χ0) is 48.6. The molecule has 0 aromatic carbocycles. The minimum atomic E-state index is -1.11. The zero-order valence-electron chi connectivity index (χ0n) is 42.5. The quantitative estimate of drug-likeness (QED) is 0.0255. The van der Waals surface area contributed by atoms with Gasteiger partial charge in [0.15, 0.2) is 0 Å². The highest BCUT2D eigenvalue weighted by molar-refractivity contribution is 5.97. The van der Waals surface area contributed by atoms with Gasteiger partial charge in [-0.1, -0.05) is 182 Å². The van der Waals surface area contributed by atoms with Gasteiger partial charge in [0.2, 0.25) is 11.8 Å². The number of aliphatic hydroxyl groups excluding tert-OH is 4. The Morgan fingerprint density at radius 1 is 0.439 bits per heavy atom. The topological polar surface area (TPSA) is 198 Å². The standard InChI is InChI=1S/C52H100N4O10/c1-5-9-13-17-21-25-29-43(57)37-55(38-44(58)30-26-22-18-14-10-6-2)35-33-49(61)65-41-47-51(63)54-48(52(64)53-47)42-66-50(62)34-36-56(39-45(59)31-27-23-19-15-11-7-3)40-46(60)32-28-24-20-16-12-8-4/h43-48,57-60H,5-42H2,1-4H3,(H,53,64)(H,54,63). The van der Waals surface area contributed by atoms with Crippen LogP contribution in [0.3, 0.4) is 0 Å². The fraction of sp³-hybridized carbons (Fsp3) is 0.923. The molecule has 1 rings (SSSR count). The summed E-state index contributed by atoms with van der Waals surface area (Å²) >= 11 is 0. The van der Waals surface area contributed by atoms with Gasteiger partial charge >= 0.3 is 11.9 Å². The molecule has 388 valence electrons. The van der Waals surface area contributed by atoms with Crippen LogP contribution in [0.4, 0.5) is 0 Å². The fourth-order valence-corrected chi connectivity index (χ4v) is 8.62. The van der Waals surface area contributed by atoms with Crippen molar-refractivity contribution in [3.8, 4) is 0 Å². The molecule has 0 aliphatic carbocycles. The van der Waals surface area contributed by atoms with E-state index in [-0.39, 0.29) is 39.1 Å². The molecule has 14 nitrogen and oxygen atoms in total. The number of piperazine rings is 1. The zero-order valence-corrected chi connectivity index (χ0v) is 42.5. The summed E-state index contributed by atoms with van der Waals surface area (Å²) < 4.78 is 10.8. The van der Waals surface area contributed by atoms with Crippen LogP contribution in [0.15, 0.2) is 0 Å². The van der Waals surface area contributed by atoms with Crippen molar-refractivity contribution >= 4 is 23.8 Å². The largest absolute Gasteiger partial charge is 0.463 e. The SMILES string of the molecule is CCCCCCCCC(O)CN(CCC(=O)OCC1NC(=O)C(COC(=O)CCN(CC(O)CCCCCCCC)CC(O)CCCCCCCC)NC1=O)CC(O)CCCCCCCC. The van der Waals surface area contributed by atoms with Crippen LogP contribution in [0, 0.1) is 0 Å². The molecule has 1 fully saturated rings. The molecule has 1 heterocycles. The van der Waals surface area contributed by atoms with E-state index in [1.165, 1.54) is 77.0 Å². The van der Waals surface area contributed by atoms with Gasteiger partial charge in [-0.25, -0.2) is 0 Å². The highest BCUT2D eigenvalue weighted by atomic mass is 16.5. The van der Waals surface area contributed by atoms with Crippen molar-refractivity contribution in [2.24, 2.45) is 0 Å². The second-order valence-electron chi connectivity index (χ2n) is 19.3. The summed E-state index contributed by atoms with van der Waals surface area (Å²) in [6, 6.07) is -2.22. The molecule has 0 saturated carbocycles. The lowest BCUT2D eigenvalue weighted by Gasteiger charge is -2.29. The lowest BCUT2D eigenvalue weighted by Crippen LogP contribution is -2.64. The van der Waals surface area contributed by atoms with Crippen LogP contribution >= 0.6 is 0 Å². The van der Waals surface area contributed by atoms with E-state index < -0.39 is 60.3 Å². The third kappa shape index (κ3) is 34.0. The number of hydrogen-bond acceptors (Lipinski definition) is 12. The molecule has 66 heavy (non-hydrogen) atoms. The molecule has 0 aromatic heterocycles. The predicted molar refractivity (Wildman–Crippen MR) is 264 cm³/mol. The number of nitrogens with zero attached hydrogens (tertiary/aromatic N) is 2. The van der Waals surface area contributed by atoms with Crippen molar-refractivity contribution < 1.29 is 49.1 Å². The summed E-state index contributed by atoms with van der Waals surface area (Å²) in [5.74, 6) is -2.25. The van der Waals surface area contributed by atoms with E-state index >= 15 is 0 Å². The first-order valence-corrected chi connectivity index (χ1v) is 27.0. The Morgan fingerprint density at radius 3 is 0.939 bits per heavy atom. The van der Waals surface area contributed by atoms with E-state index in [0.717, 1.165) is 77.0 Å². The summed E-state index contributed by atoms with van der Waals surface area (Å²) in [6.45, 7) is 9.92. The third-order valence-corrected chi connectivity index (χ3v) is 12.8. The molecule has 6 atom stereocenters. The average Bonchev–Trinajstić information content (AvgIpc) is 3.29. The molecule has 0 bridgehead atoms. The van der Waals surface area contributed by atoms with Gasteiger partial charge < -0.3 is 40.5 Å². The molecular weight excluding hydrogens is 841 g/mol. The maximum Gasteiger partial charge on any atom is 0.307 e. The maximum absolute atomic E-state index is 13.0. The van der Waals surface area contributed by atoms with Gasteiger partial charge in [0.1, 0.15) is 25.3 Å². The normalized spacial score (nSPS) is 17.1. The molecule has 1 aliphatic heterocycles. The number of carbonyl (C=O) groups is 4. The highest BCUT2D eigenvalue weighted by Gasteiger charge is 2.35. The first kappa shape index (κ1) is 61.7. The smallest absolute Gasteiger partial charge is 0.307 e. The molecule has 14 heteroatoms. The first-order chi connectivity index (χ1) is 31.9. The summed E-state index contributed by atoms with van der Waals surface area (Å²) in [5.41, 5.74) is 0. The van der Waals surface area contributed by atoms with Crippen molar-refractivity contribution in [1.29, 1.82) is 0 Å². The average molecular weight is 941 g/mol. The number of rotatable bonds is 46. The number of amides is 2. The third-order valence-electron chi connectivity index (χ3n) is 12.8. The van der Waals surface area contributed by atoms with Crippen LogP contribution in [0.25, 0.3) is 0 Å². The van der Waals surface area contributed by atoms with Crippen LogP contribution in [0.2, 0.25) is 0 Å². The summed E-state index contributed by atoms with van der Waals surface area (Å²) in [7, 11) is 0. The summed E-state index contributed by atoms with van der Waals surface area (Å²) in [6.07, 6.45) is 27.3. The van der Waals surface area contributed by atoms with Gasteiger partial charge in [-0.15, -0.1) is 0 Å². The maximum atomic E-state index is 13.0. The van der Waals surface area contributed by atoms with E-state index in [0.29, 0.717) is 51.9 Å². The van der Waals surface area contributed by atoms with Crippen LogP contribution in [-0.2, 0) is 28.7 Å². The number of hydrogen-bond donors (Lipinski definition) is 6. The Balaban J connectivity index is 2.62. The summed E-state index contributed by atoms with van der Waals surface area (Å²) in [4.78, 5) is 55.5. The van der Waals surface area contributed by atoms with Crippen LogP contribution < -0.4 is 10.6 Å². The Bertz CT molecular complexity index is 1080. The Kier molecular flexibility index (Phi) is 38.9. The van der Waals surface area contributed by atoms with Crippen molar-refractivity contribution in [2.75, 3.05) is 52.5 Å². The molecule has 0 spiro atoms. The minimum Gasteiger partial charge on any atom is -0.463 e. The first-order valence-electron chi connectivity index (χ1n) is 27.0. The molecule has 6 N–H and O–H groups in total. The number of aliphatic hydroxyl groups is 4. The van der Waals surface area contributed by atoms with Crippen molar-refractivity contribution in [3.63, 3.8) is 0 Å². The Hall–Kier alpha value is -2.36. The van der Waals surface area contributed by atoms with Gasteiger partial charge in [0.05, 0.1) is 37.3 Å². The van der Waals surface area contributed by atoms with E-state index in [2.05, 4.69) is 38.3 Å². The van der Waals surface area contributed by atoms with E-state index in [1.807, 2.05) is 9.80 Å². The molecular formula is C52H100N4O10. The van der Waals surface area contributed by atoms with Crippen LogP contribution in [0.5, 0.6) is 0 Å². The van der Waals surface area contributed by atoms with Gasteiger partial charge in [-0.05, 0) is 25.7 Å². The molecule has 0 aromatic rings. The number of carbonyl (C=O) groups excluding carboxylic acids is 4. The number of ether oxygens (including phenoxy) is 2. The Labute approximate surface area is 401 Å². The number of unbranched alkanes of at least 4 members (excludes halogenated alkanes) is 20. The van der Waals surface area contributed by atoms with Crippen molar-refractivity contribution in [2.45, 2.75) is 257 Å². The predicted octanol–water partition coefficient (Wildman–Crippen LogP) is 7.89. The van der Waals surface area contributed by atoms with Crippen molar-refractivity contribution in [1.82, 2.24) is 20.4 Å². The molecule has 1 saturated heterocycles. The highest BCUT2D eigenvalue weighted by Crippen LogP contribution is 2.15. The lowest BCUT2D eigenvalue weighted by atomic mass is 10.1. The lowest BCUT2D eigenvalue weighted by molar-refractivity contribution is -0.152. The fourth-order valence-electron chi connectivity index (χ4n) is 8.62. The molecule has 6 unspecified atom stereocenters. The number of nitrogens with one attached hydrogen (secondary N) is 2. The minimum absolute atomic E-state index is 0.0120. The second-order valence-corrected chi connectivity index (χ2v) is 19.3.